The van der Waals surface area contributed by atoms with Crippen molar-refractivity contribution in [3.05, 3.63) is 69.7 Å². The van der Waals surface area contributed by atoms with Crippen LogP contribution in [0.1, 0.15) is 41.6 Å². The van der Waals surface area contributed by atoms with Crippen molar-refractivity contribution in [2.45, 2.75) is 41.3 Å². The van der Waals surface area contributed by atoms with Gasteiger partial charge in [-0.3, -0.25) is 4.79 Å². The van der Waals surface area contributed by atoms with Crippen LogP contribution in [0.4, 0.5) is 0 Å². The Morgan fingerprint density at radius 3 is 2.50 bits per heavy atom. The Morgan fingerprint density at radius 1 is 1.16 bits per heavy atom. The normalized spacial score (nSPS) is 14.8. The molecular weight excluding hydrogens is 462 g/mol. The molecule has 0 aliphatic heterocycles. The molecule has 32 heavy (non-hydrogen) atoms. The Labute approximate surface area is 200 Å². The topological polar surface area (TPSA) is 73.2 Å². The summed E-state index contributed by atoms with van der Waals surface area (Å²) >= 11 is 8.61. The van der Waals surface area contributed by atoms with Crippen molar-refractivity contribution in [1.29, 1.82) is 0 Å². The van der Waals surface area contributed by atoms with E-state index in [1.807, 2.05) is 30.3 Å². The molecule has 1 amide bonds. The van der Waals surface area contributed by atoms with Crippen molar-refractivity contribution in [3.63, 3.8) is 0 Å². The highest BCUT2D eigenvalue weighted by molar-refractivity contribution is 8.00. The first-order valence-corrected chi connectivity index (χ1v) is 12.5. The van der Waals surface area contributed by atoms with E-state index in [-0.39, 0.29) is 11.9 Å². The van der Waals surface area contributed by atoms with Gasteiger partial charge < -0.3 is 10.1 Å². The first-order chi connectivity index (χ1) is 15.5. The minimum Gasteiger partial charge on any atom is -0.467 e. The fraction of sp³-hybridized carbons (Fsp3) is 0.304. The van der Waals surface area contributed by atoms with Gasteiger partial charge in [-0.15, -0.1) is 5.10 Å². The predicted molar refractivity (Wildman–Crippen MR) is 129 cm³/mol. The van der Waals surface area contributed by atoms with E-state index in [1.54, 1.807) is 28.6 Å². The Bertz CT molecular complexity index is 1150. The second-order valence-electron chi connectivity index (χ2n) is 7.60. The fourth-order valence-corrected chi connectivity index (χ4v) is 6.12. The van der Waals surface area contributed by atoms with Gasteiger partial charge in [0.15, 0.2) is 8.29 Å². The maximum Gasteiger partial charge on any atom is 0.331 e. The van der Waals surface area contributed by atoms with Gasteiger partial charge in [0.1, 0.15) is 5.54 Å². The highest BCUT2D eigenvalue weighted by atomic mass is 32.2. The predicted octanol–water partition coefficient (Wildman–Crippen LogP) is 5.17. The summed E-state index contributed by atoms with van der Waals surface area (Å²) in [6, 6.07) is 17.3. The van der Waals surface area contributed by atoms with Crippen LogP contribution < -0.4 is 5.32 Å². The molecular formula is C23H23N3O3S3. The van der Waals surface area contributed by atoms with Crippen molar-refractivity contribution < 1.29 is 14.3 Å². The number of thioether (sulfide) groups is 1. The molecule has 1 aliphatic rings. The molecule has 9 heteroatoms. The molecule has 1 aliphatic carbocycles. The molecule has 1 N–H and O–H groups in total. The van der Waals surface area contributed by atoms with Gasteiger partial charge in [0.25, 0.3) is 5.91 Å². The summed E-state index contributed by atoms with van der Waals surface area (Å²) in [6.07, 6.45) is 2.98. The summed E-state index contributed by atoms with van der Waals surface area (Å²) < 4.78 is 8.18. The standard InChI is InChI=1S/C23H23N3O3S3/c1-29-20(28)23(13-5-6-14-23)24-19(27)17-9-11-18(12-10-17)26-22(30)32-21(25-26)31-15-16-7-3-2-4-8-16/h2-4,7-12H,5-6,13-15H2,1H3,(H,24,27). The number of benzene rings is 2. The summed E-state index contributed by atoms with van der Waals surface area (Å²) in [6.45, 7) is 0. The Balaban J connectivity index is 1.45. The highest BCUT2D eigenvalue weighted by Crippen LogP contribution is 2.31. The van der Waals surface area contributed by atoms with Crippen LogP contribution in [0, 0.1) is 3.95 Å². The van der Waals surface area contributed by atoms with E-state index in [4.69, 9.17) is 17.0 Å². The van der Waals surface area contributed by atoms with Crippen LogP contribution in [0.15, 0.2) is 58.9 Å². The number of ether oxygens (including phenoxy) is 1. The molecule has 2 aromatic carbocycles. The van der Waals surface area contributed by atoms with E-state index < -0.39 is 5.54 Å². The summed E-state index contributed by atoms with van der Waals surface area (Å²) in [5.74, 6) is 0.156. The molecule has 166 valence electrons. The molecule has 1 aromatic heterocycles. The Kier molecular flexibility index (Phi) is 7.07. The van der Waals surface area contributed by atoms with Crippen LogP contribution >= 0.6 is 35.3 Å². The van der Waals surface area contributed by atoms with Crippen molar-refractivity contribution >= 4 is 47.2 Å². The zero-order valence-electron chi connectivity index (χ0n) is 17.6. The molecule has 1 heterocycles. The number of amides is 1. The zero-order chi connectivity index (χ0) is 22.6. The van der Waals surface area contributed by atoms with Gasteiger partial charge in [0.2, 0.25) is 0 Å². The SMILES string of the molecule is COC(=O)C1(NC(=O)c2ccc(-n3nc(SCc4ccccc4)sc3=S)cc2)CCCC1. The lowest BCUT2D eigenvalue weighted by Gasteiger charge is -2.27. The van der Waals surface area contributed by atoms with Gasteiger partial charge in [-0.1, -0.05) is 66.3 Å². The van der Waals surface area contributed by atoms with E-state index in [1.165, 1.54) is 24.0 Å². The maximum atomic E-state index is 12.8. The molecule has 0 radical (unpaired) electrons. The summed E-state index contributed by atoms with van der Waals surface area (Å²) in [4.78, 5) is 25.1. The summed E-state index contributed by atoms with van der Waals surface area (Å²) in [5, 5.41) is 7.54. The van der Waals surface area contributed by atoms with Gasteiger partial charge in [-0.2, -0.15) is 0 Å². The first-order valence-electron chi connectivity index (χ1n) is 10.3. The Hall–Kier alpha value is -2.49. The molecule has 0 unspecified atom stereocenters. The average Bonchev–Trinajstić information content (AvgIpc) is 3.45. The first kappa shape index (κ1) is 22.7. The lowest BCUT2D eigenvalue weighted by molar-refractivity contribution is -0.148. The van der Waals surface area contributed by atoms with Crippen molar-refractivity contribution in [2.75, 3.05) is 7.11 Å². The molecule has 0 atom stereocenters. The van der Waals surface area contributed by atoms with Gasteiger partial charge in [-0.25, -0.2) is 9.48 Å². The molecule has 1 saturated carbocycles. The number of rotatable bonds is 7. The monoisotopic (exact) mass is 485 g/mol. The van der Waals surface area contributed by atoms with Crippen molar-refractivity contribution in [2.24, 2.45) is 0 Å². The van der Waals surface area contributed by atoms with Crippen LogP contribution in [-0.2, 0) is 15.3 Å². The van der Waals surface area contributed by atoms with E-state index in [0.29, 0.717) is 22.4 Å². The smallest absolute Gasteiger partial charge is 0.331 e. The number of carbonyl (C=O) groups excluding carboxylic acids is 2. The molecule has 0 spiro atoms. The molecule has 6 nitrogen and oxygen atoms in total. The van der Waals surface area contributed by atoms with E-state index in [9.17, 15) is 9.59 Å². The Morgan fingerprint density at radius 2 is 1.84 bits per heavy atom. The van der Waals surface area contributed by atoms with Crippen LogP contribution in [0.5, 0.6) is 0 Å². The molecule has 3 aromatic rings. The number of methoxy groups -OCH3 is 1. The van der Waals surface area contributed by atoms with Gasteiger partial charge in [-0.05, 0) is 54.9 Å². The molecule has 1 fully saturated rings. The van der Waals surface area contributed by atoms with Crippen LogP contribution in [0.3, 0.4) is 0 Å². The molecule has 4 rings (SSSR count). The van der Waals surface area contributed by atoms with Crippen LogP contribution in [-0.4, -0.2) is 34.3 Å². The number of nitrogens with zero attached hydrogens (tertiary/aromatic N) is 2. The van der Waals surface area contributed by atoms with Gasteiger partial charge in [0, 0.05) is 11.3 Å². The van der Waals surface area contributed by atoms with Crippen LogP contribution in [0.25, 0.3) is 5.69 Å². The fourth-order valence-electron chi connectivity index (χ4n) is 3.80. The maximum absolute atomic E-state index is 12.8. The quantitative estimate of drug-likeness (QED) is 0.283. The van der Waals surface area contributed by atoms with E-state index in [2.05, 4.69) is 22.5 Å². The number of nitrogens with one attached hydrogen (secondary N) is 1. The second-order valence-corrected chi connectivity index (χ2v) is 10.4. The van der Waals surface area contributed by atoms with Crippen molar-refractivity contribution in [3.8, 4) is 5.69 Å². The van der Waals surface area contributed by atoms with Crippen LogP contribution in [0.2, 0.25) is 0 Å². The van der Waals surface area contributed by atoms with E-state index in [0.717, 1.165) is 28.6 Å². The molecule has 0 bridgehead atoms. The third kappa shape index (κ3) is 4.95. The highest BCUT2D eigenvalue weighted by Gasteiger charge is 2.43. The number of hydrogen-bond acceptors (Lipinski definition) is 7. The number of hydrogen-bond donors (Lipinski definition) is 1. The van der Waals surface area contributed by atoms with Gasteiger partial charge >= 0.3 is 5.97 Å². The number of aromatic nitrogens is 2. The largest absolute Gasteiger partial charge is 0.467 e. The van der Waals surface area contributed by atoms with Crippen molar-refractivity contribution in [1.82, 2.24) is 15.1 Å². The third-order valence-electron chi connectivity index (χ3n) is 5.49. The minimum absolute atomic E-state index is 0.287. The number of esters is 1. The lowest BCUT2D eigenvalue weighted by atomic mass is 9.97. The summed E-state index contributed by atoms with van der Waals surface area (Å²) in [5.41, 5.74) is 1.57. The lowest BCUT2D eigenvalue weighted by Crippen LogP contribution is -2.53. The second kappa shape index (κ2) is 9.97. The number of carbonyl (C=O) groups is 2. The average molecular weight is 486 g/mol. The molecule has 0 saturated heterocycles. The zero-order valence-corrected chi connectivity index (χ0v) is 20.0. The summed E-state index contributed by atoms with van der Waals surface area (Å²) in [7, 11) is 1.35. The third-order valence-corrected chi connectivity index (χ3v) is 7.93. The van der Waals surface area contributed by atoms with Gasteiger partial charge in [0.05, 0.1) is 12.8 Å². The van der Waals surface area contributed by atoms with E-state index >= 15 is 0 Å². The minimum atomic E-state index is -0.924.